The Labute approximate surface area is 80.2 Å². The molecule has 0 aliphatic heterocycles. The highest BCUT2D eigenvalue weighted by Crippen LogP contribution is 1.91. The third kappa shape index (κ3) is 5.60. The van der Waals surface area contributed by atoms with Crippen LogP contribution in [0.3, 0.4) is 0 Å². The summed E-state index contributed by atoms with van der Waals surface area (Å²) in [6.45, 7) is 3.58. The molecule has 0 saturated heterocycles. The van der Waals surface area contributed by atoms with E-state index in [4.69, 9.17) is 0 Å². The van der Waals surface area contributed by atoms with Gasteiger partial charge in [0.25, 0.3) is 0 Å². The molecule has 0 aromatic heterocycles. The van der Waals surface area contributed by atoms with Gasteiger partial charge in [-0.1, -0.05) is 6.92 Å². The maximum absolute atomic E-state index is 11.2. The zero-order valence-electron chi connectivity index (χ0n) is 8.96. The smallest absolute Gasteiger partial charge is 0.324 e. The van der Waals surface area contributed by atoms with E-state index in [2.05, 4.69) is 17.0 Å². The molecule has 78 valence electrons. The van der Waals surface area contributed by atoms with Crippen LogP contribution in [-0.4, -0.2) is 51.2 Å². The van der Waals surface area contributed by atoms with E-state index in [-0.39, 0.29) is 12.0 Å². The first kappa shape index (κ1) is 12.4. The second kappa shape index (κ2) is 6.86. The van der Waals surface area contributed by atoms with Crippen molar-refractivity contribution in [1.82, 2.24) is 10.2 Å². The van der Waals surface area contributed by atoms with Crippen molar-refractivity contribution in [2.75, 3.05) is 34.3 Å². The van der Waals surface area contributed by atoms with Gasteiger partial charge in [0, 0.05) is 6.54 Å². The fourth-order valence-corrected chi connectivity index (χ4v) is 1.05. The van der Waals surface area contributed by atoms with Crippen LogP contribution in [0, 0.1) is 0 Å². The molecule has 0 amide bonds. The summed E-state index contributed by atoms with van der Waals surface area (Å²) in [5, 5.41) is 3.14. The minimum Gasteiger partial charge on any atom is -0.468 e. The van der Waals surface area contributed by atoms with Crippen LogP contribution in [0.4, 0.5) is 0 Å². The largest absolute Gasteiger partial charge is 0.468 e. The van der Waals surface area contributed by atoms with Gasteiger partial charge in [-0.25, -0.2) is 0 Å². The van der Waals surface area contributed by atoms with E-state index in [9.17, 15) is 4.79 Å². The maximum Gasteiger partial charge on any atom is 0.324 e. The van der Waals surface area contributed by atoms with Gasteiger partial charge < -0.3 is 15.0 Å². The highest BCUT2D eigenvalue weighted by molar-refractivity contribution is 5.75. The van der Waals surface area contributed by atoms with Crippen molar-refractivity contribution in [3.63, 3.8) is 0 Å². The normalized spacial score (nSPS) is 13.0. The molecule has 1 unspecified atom stereocenters. The van der Waals surface area contributed by atoms with Crippen molar-refractivity contribution in [2.45, 2.75) is 19.4 Å². The van der Waals surface area contributed by atoms with Gasteiger partial charge in [0.15, 0.2) is 0 Å². The summed E-state index contributed by atoms with van der Waals surface area (Å²) in [6, 6.07) is -0.208. The van der Waals surface area contributed by atoms with E-state index >= 15 is 0 Å². The lowest BCUT2D eigenvalue weighted by molar-refractivity contribution is -0.143. The Morgan fingerprint density at radius 3 is 2.54 bits per heavy atom. The lowest BCUT2D eigenvalue weighted by atomic mass is 10.2. The number of esters is 1. The van der Waals surface area contributed by atoms with E-state index in [0.717, 1.165) is 13.0 Å². The van der Waals surface area contributed by atoms with Crippen LogP contribution in [0.2, 0.25) is 0 Å². The van der Waals surface area contributed by atoms with E-state index < -0.39 is 0 Å². The monoisotopic (exact) mass is 188 g/mol. The molecule has 1 N–H and O–H groups in total. The number of methoxy groups -OCH3 is 1. The average Bonchev–Trinajstić information content (AvgIpc) is 2.10. The fourth-order valence-electron chi connectivity index (χ4n) is 1.05. The molecule has 0 aromatic rings. The van der Waals surface area contributed by atoms with Gasteiger partial charge in [0.1, 0.15) is 6.04 Å². The second-order valence-corrected chi connectivity index (χ2v) is 3.29. The molecule has 0 spiro atoms. The van der Waals surface area contributed by atoms with Crippen LogP contribution in [0.15, 0.2) is 0 Å². The Bertz CT molecular complexity index is 149. The first-order chi connectivity index (χ1) is 6.11. The fraction of sp³-hybridized carbons (Fsp3) is 0.889. The van der Waals surface area contributed by atoms with E-state index in [0.29, 0.717) is 6.54 Å². The van der Waals surface area contributed by atoms with Gasteiger partial charge in [0.2, 0.25) is 0 Å². The number of carbonyl (C=O) groups is 1. The molecule has 0 radical (unpaired) electrons. The summed E-state index contributed by atoms with van der Waals surface area (Å²) in [6.07, 6.45) is 1.01. The molecule has 4 heteroatoms. The van der Waals surface area contributed by atoms with Crippen molar-refractivity contribution in [1.29, 1.82) is 0 Å². The van der Waals surface area contributed by atoms with Crippen LogP contribution in [-0.2, 0) is 9.53 Å². The van der Waals surface area contributed by atoms with Crippen LogP contribution < -0.4 is 5.32 Å². The highest BCUT2D eigenvalue weighted by atomic mass is 16.5. The van der Waals surface area contributed by atoms with Crippen LogP contribution >= 0.6 is 0 Å². The minimum absolute atomic E-state index is 0.192. The molecule has 1 atom stereocenters. The van der Waals surface area contributed by atoms with Gasteiger partial charge in [-0.15, -0.1) is 0 Å². The Morgan fingerprint density at radius 2 is 2.15 bits per heavy atom. The third-order valence-electron chi connectivity index (χ3n) is 1.67. The Kier molecular flexibility index (Phi) is 6.54. The lowest BCUT2D eigenvalue weighted by Crippen LogP contribution is -2.45. The van der Waals surface area contributed by atoms with Gasteiger partial charge >= 0.3 is 5.97 Å². The van der Waals surface area contributed by atoms with Gasteiger partial charge in [-0.2, -0.15) is 0 Å². The van der Waals surface area contributed by atoms with Crippen molar-refractivity contribution in [2.24, 2.45) is 0 Å². The van der Waals surface area contributed by atoms with Crippen molar-refractivity contribution < 1.29 is 9.53 Å². The molecule has 0 heterocycles. The van der Waals surface area contributed by atoms with Crippen molar-refractivity contribution in [3.8, 4) is 0 Å². The van der Waals surface area contributed by atoms with E-state index in [1.165, 1.54) is 7.11 Å². The Morgan fingerprint density at radius 1 is 1.54 bits per heavy atom. The molecule has 0 aliphatic carbocycles. The molecule has 0 rings (SSSR count). The maximum atomic E-state index is 11.2. The number of nitrogens with zero attached hydrogens (tertiary/aromatic N) is 1. The minimum atomic E-state index is -0.208. The standard InChI is InChI=1S/C9H20N2O2/c1-5-6-10-8(7-11(2)3)9(12)13-4/h8,10H,5-7H2,1-4H3. The number of likely N-dealkylation sites (N-methyl/N-ethyl adjacent to an activating group) is 1. The summed E-state index contributed by atoms with van der Waals surface area (Å²) in [4.78, 5) is 13.2. The molecule has 0 bridgehead atoms. The average molecular weight is 188 g/mol. The third-order valence-corrected chi connectivity index (χ3v) is 1.67. The first-order valence-electron chi connectivity index (χ1n) is 4.57. The molecular formula is C9H20N2O2. The molecule has 0 aliphatic rings. The Balaban J connectivity index is 3.94. The summed E-state index contributed by atoms with van der Waals surface area (Å²) in [5.74, 6) is -0.192. The van der Waals surface area contributed by atoms with E-state index in [1.807, 2.05) is 19.0 Å². The highest BCUT2D eigenvalue weighted by Gasteiger charge is 2.18. The first-order valence-corrected chi connectivity index (χ1v) is 4.57. The number of hydrogen-bond donors (Lipinski definition) is 1. The number of ether oxygens (including phenoxy) is 1. The second-order valence-electron chi connectivity index (χ2n) is 3.29. The number of nitrogens with one attached hydrogen (secondary N) is 1. The number of hydrogen-bond acceptors (Lipinski definition) is 4. The predicted octanol–water partition coefficient (Wildman–Crippen LogP) is 0.0892. The summed E-state index contributed by atoms with van der Waals surface area (Å²) >= 11 is 0. The lowest BCUT2D eigenvalue weighted by Gasteiger charge is -2.19. The summed E-state index contributed by atoms with van der Waals surface area (Å²) in [5.41, 5.74) is 0. The molecule has 0 saturated carbocycles. The molecule has 0 fully saturated rings. The molecule has 13 heavy (non-hydrogen) atoms. The zero-order valence-corrected chi connectivity index (χ0v) is 8.96. The van der Waals surface area contributed by atoms with E-state index in [1.54, 1.807) is 0 Å². The zero-order chi connectivity index (χ0) is 10.3. The quantitative estimate of drug-likeness (QED) is 0.600. The van der Waals surface area contributed by atoms with Crippen molar-refractivity contribution in [3.05, 3.63) is 0 Å². The topological polar surface area (TPSA) is 41.6 Å². The van der Waals surface area contributed by atoms with Gasteiger partial charge in [-0.05, 0) is 27.1 Å². The number of carbonyl (C=O) groups excluding carboxylic acids is 1. The van der Waals surface area contributed by atoms with Gasteiger partial charge in [-0.3, -0.25) is 4.79 Å². The predicted molar refractivity (Wildman–Crippen MR) is 52.7 cm³/mol. The molecule has 4 nitrogen and oxygen atoms in total. The SMILES string of the molecule is CCCNC(CN(C)C)C(=O)OC. The van der Waals surface area contributed by atoms with Crippen LogP contribution in [0.1, 0.15) is 13.3 Å². The summed E-state index contributed by atoms with van der Waals surface area (Å²) in [7, 11) is 5.28. The van der Waals surface area contributed by atoms with Crippen molar-refractivity contribution >= 4 is 5.97 Å². The van der Waals surface area contributed by atoms with Gasteiger partial charge in [0.05, 0.1) is 7.11 Å². The van der Waals surface area contributed by atoms with Crippen LogP contribution in [0.5, 0.6) is 0 Å². The molecule has 0 aromatic carbocycles. The summed E-state index contributed by atoms with van der Waals surface area (Å²) < 4.78 is 4.68. The molecular weight excluding hydrogens is 168 g/mol. The Hall–Kier alpha value is -0.610. The number of rotatable bonds is 6. The van der Waals surface area contributed by atoms with Crippen LogP contribution in [0.25, 0.3) is 0 Å².